The molecule has 17 heteroatoms. The summed E-state index contributed by atoms with van der Waals surface area (Å²) in [6.45, 7) is 7.97. The van der Waals surface area contributed by atoms with Crippen molar-refractivity contribution < 1.29 is 42.5 Å². The van der Waals surface area contributed by atoms with Gasteiger partial charge in [-0.3, -0.25) is 14.3 Å². The van der Waals surface area contributed by atoms with E-state index in [1.54, 1.807) is 14.2 Å². The van der Waals surface area contributed by atoms with Crippen LogP contribution in [0.2, 0.25) is 0 Å². The van der Waals surface area contributed by atoms with Gasteiger partial charge in [0.1, 0.15) is 36.1 Å². The van der Waals surface area contributed by atoms with Crippen molar-refractivity contribution in [1.82, 2.24) is 14.2 Å². The molecule has 1 unspecified atom stereocenters. The first-order valence-corrected chi connectivity index (χ1v) is 22.9. The number of rotatable bonds is 24. The zero-order valence-corrected chi connectivity index (χ0v) is 39.6. The Bertz CT molecular complexity index is 2350. The second-order valence-corrected chi connectivity index (χ2v) is 17.6. The largest absolute Gasteiger partial charge is 0.497 e. The fourth-order valence-corrected chi connectivity index (χ4v) is 9.23. The zero-order valence-electron chi connectivity index (χ0n) is 38.7. The third-order valence-electron chi connectivity index (χ3n) is 11.0. The van der Waals surface area contributed by atoms with Crippen molar-refractivity contribution in [2.75, 3.05) is 53.2 Å². The van der Waals surface area contributed by atoms with Gasteiger partial charge in [-0.15, -0.1) is 0 Å². The Kier molecular flexibility index (Phi) is 18.1. The number of aromatic nitrogens is 2. The number of aromatic amines is 1. The number of hydrogen-bond donors (Lipinski definition) is 1. The van der Waals surface area contributed by atoms with E-state index in [0.29, 0.717) is 11.5 Å². The molecule has 5 atom stereocenters. The molecule has 0 saturated carbocycles. The van der Waals surface area contributed by atoms with Gasteiger partial charge in [0.15, 0.2) is 12.3 Å². The fraction of sp³-hybridized carbons (Fsp3) is 0.408. The van der Waals surface area contributed by atoms with Crippen molar-refractivity contribution in [1.29, 1.82) is 5.26 Å². The van der Waals surface area contributed by atoms with E-state index in [1.165, 1.54) is 16.8 Å². The molecule has 1 saturated heterocycles. The van der Waals surface area contributed by atoms with Gasteiger partial charge in [0.05, 0.1) is 46.5 Å². The Balaban J connectivity index is 1.43. The first-order chi connectivity index (χ1) is 31.9. The molecule has 0 bridgehead atoms. The van der Waals surface area contributed by atoms with Crippen LogP contribution < -0.4 is 25.6 Å². The van der Waals surface area contributed by atoms with E-state index in [4.69, 9.17) is 42.5 Å². The summed E-state index contributed by atoms with van der Waals surface area (Å²) in [5.74, 6) is 1.32. The molecule has 16 nitrogen and oxygen atoms in total. The molecule has 1 fully saturated rings. The number of anilines is 1. The standard InChI is InChI=1S/C49H60N5O11P/c1-34(2)54(35(3)4)66(62-30-12-28-50)65-64-45-43(63-47(53-29-27-44(55)51-48(53)56)46(45)60-33-59-31-36-15-21-40(22-16-36)52(5)6)32-61-49(37-13-10-9-11-14-37,38-17-23-41(57-7)24-18-38)39-19-25-42(58-8)26-20-39/h9-11,13-27,29,34-35,43,45-47H,12,30-33H2,1-8H3,(H,51,55,56)/t43-,45-,46-,47-,66?/m1/s1. The number of methoxy groups -OCH3 is 2. The summed E-state index contributed by atoms with van der Waals surface area (Å²) in [6.07, 6.45) is -2.90. The SMILES string of the molecule is COc1ccc(C(OC[C@H]2O[C@@H](n3ccc(=O)[nH]c3=O)[C@H](OCOCc3ccc(N(C)C)cc3)[C@@H]2OOP(OCCC#N)N(C(C)C)C(C)C)(c2ccccc2)c2ccc(OC)cc2)cc1. The highest BCUT2D eigenvalue weighted by atomic mass is 31.2. The lowest BCUT2D eigenvalue weighted by Gasteiger charge is -2.37. The summed E-state index contributed by atoms with van der Waals surface area (Å²) in [7, 11) is 5.24. The predicted octanol–water partition coefficient (Wildman–Crippen LogP) is 7.68. The van der Waals surface area contributed by atoms with Gasteiger partial charge in [-0.25, -0.2) is 14.4 Å². The molecule has 0 amide bonds. The van der Waals surface area contributed by atoms with Crippen molar-refractivity contribution in [3.05, 3.63) is 158 Å². The average Bonchev–Trinajstić information content (AvgIpc) is 3.66. The molecule has 1 aliphatic heterocycles. The molecule has 66 heavy (non-hydrogen) atoms. The maximum atomic E-state index is 13.6. The average molecular weight is 926 g/mol. The van der Waals surface area contributed by atoms with Gasteiger partial charge >= 0.3 is 5.69 Å². The van der Waals surface area contributed by atoms with Crippen LogP contribution in [0, 0.1) is 11.3 Å². The van der Waals surface area contributed by atoms with E-state index >= 15 is 0 Å². The lowest BCUT2D eigenvalue weighted by molar-refractivity contribution is -0.285. The van der Waals surface area contributed by atoms with Gasteiger partial charge in [0.25, 0.3) is 14.1 Å². The Morgan fingerprint density at radius 3 is 1.97 bits per heavy atom. The van der Waals surface area contributed by atoms with Crippen molar-refractivity contribution in [3.63, 3.8) is 0 Å². The van der Waals surface area contributed by atoms with Crippen LogP contribution in [-0.2, 0) is 45.2 Å². The molecule has 1 N–H and O–H groups in total. The Morgan fingerprint density at radius 2 is 1.42 bits per heavy atom. The molecule has 0 aliphatic carbocycles. The number of hydrogen-bond acceptors (Lipinski definition) is 14. The summed E-state index contributed by atoms with van der Waals surface area (Å²) in [6, 6.07) is 36.2. The van der Waals surface area contributed by atoms with Crippen LogP contribution in [0.4, 0.5) is 5.69 Å². The van der Waals surface area contributed by atoms with Crippen LogP contribution >= 0.6 is 8.53 Å². The van der Waals surface area contributed by atoms with Crippen molar-refractivity contribution in [3.8, 4) is 17.6 Å². The highest BCUT2D eigenvalue weighted by Crippen LogP contribution is 2.48. The van der Waals surface area contributed by atoms with Crippen molar-refractivity contribution >= 4 is 14.2 Å². The molecule has 4 aromatic carbocycles. The summed E-state index contributed by atoms with van der Waals surface area (Å²) >= 11 is 0. The van der Waals surface area contributed by atoms with E-state index in [9.17, 15) is 14.9 Å². The zero-order chi connectivity index (χ0) is 47.2. The van der Waals surface area contributed by atoms with Gasteiger partial charge in [-0.2, -0.15) is 9.94 Å². The summed E-state index contributed by atoms with van der Waals surface area (Å²) in [5.41, 5.74) is 1.74. The number of nitrogens with one attached hydrogen (secondary N) is 1. The molecule has 0 radical (unpaired) electrons. The smallest absolute Gasteiger partial charge is 0.330 e. The van der Waals surface area contributed by atoms with Crippen LogP contribution in [0.15, 0.2) is 125 Å². The van der Waals surface area contributed by atoms with Gasteiger partial charge in [0.2, 0.25) is 0 Å². The second kappa shape index (κ2) is 23.8. The monoisotopic (exact) mass is 925 g/mol. The Morgan fingerprint density at radius 1 is 0.818 bits per heavy atom. The lowest BCUT2D eigenvalue weighted by atomic mass is 9.80. The minimum absolute atomic E-state index is 0.0408. The lowest BCUT2D eigenvalue weighted by Crippen LogP contribution is -2.43. The predicted molar refractivity (Wildman–Crippen MR) is 250 cm³/mol. The minimum atomic E-state index is -1.92. The second-order valence-electron chi connectivity index (χ2n) is 16.2. The molecule has 1 aromatic heterocycles. The van der Waals surface area contributed by atoms with Gasteiger partial charge in [-0.1, -0.05) is 66.7 Å². The highest BCUT2D eigenvalue weighted by Gasteiger charge is 2.51. The quantitative estimate of drug-likeness (QED) is 0.0160. The number of ether oxygens (including phenoxy) is 6. The Hall–Kier alpha value is -5.44. The molecular formula is C49H60N5O11P. The first-order valence-electron chi connectivity index (χ1n) is 21.7. The number of nitrogens with zero attached hydrogens (tertiary/aromatic N) is 4. The highest BCUT2D eigenvalue weighted by molar-refractivity contribution is 7.44. The molecule has 2 heterocycles. The van der Waals surface area contributed by atoms with Crippen LogP contribution in [0.5, 0.6) is 11.5 Å². The number of H-pyrrole nitrogens is 1. The van der Waals surface area contributed by atoms with Gasteiger partial charge < -0.3 is 37.8 Å². The van der Waals surface area contributed by atoms with E-state index in [0.717, 1.165) is 27.9 Å². The molecule has 352 valence electrons. The van der Waals surface area contributed by atoms with E-state index < -0.39 is 49.9 Å². The van der Waals surface area contributed by atoms with E-state index in [1.807, 2.05) is 154 Å². The number of nitriles is 1. The van der Waals surface area contributed by atoms with E-state index in [2.05, 4.69) is 11.1 Å². The molecule has 0 spiro atoms. The molecule has 6 rings (SSSR count). The topological polar surface area (TPSA) is 168 Å². The normalized spacial score (nSPS) is 17.8. The third kappa shape index (κ3) is 12.1. The maximum absolute atomic E-state index is 13.6. The van der Waals surface area contributed by atoms with Crippen molar-refractivity contribution in [2.24, 2.45) is 0 Å². The van der Waals surface area contributed by atoms with Crippen LogP contribution in [-0.4, -0.2) is 92.9 Å². The summed E-state index contributed by atoms with van der Waals surface area (Å²) < 4.78 is 53.6. The Labute approximate surface area is 387 Å². The van der Waals surface area contributed by atoms with Gasteiger partial charge in [0, 0.05) is 44.1 Å². The maximum Gasteiger partial charge on any atom is 0.330 e. The third-order valence-corrected chi connectivity index (χ3v) is 12.9. The van der Waals surface area contributed by atoms with Crippen molar-refractivity contribution in [2.45, 2.75) is 82.9 Å². The van der Waals surface area contributed by atoms with Gasteiger partial charge in [-0.05, 0) is 86.3 Å². The fourth-order valence-electron chi connectivity index (χ4n) is 7.80. The molecule has 1 aliphatic rings. The number of benzene rings is 4. The molecule has 5 aromatic rings. The minimum Gasteiger partial charge on any atom is -0.497 e. The first kappa shape index (κ1) is 50.0. The van der Waals surface area contributed by atoms with Crippen LogP contribution in [0.3, 0.4) is 0 Å². The molecular weight excluding hydrogens is 866 g/mol. The van der Waals surface area contributed by atoms with Crippen LogP contribution in [0.25, 0.3) is 0 Å². The van der Waals surface area contributed by atoms with E-state index in [-0.39, 0.29) is 45.1 Å². The summed E-state index contributed by atoms with van der Waals surface area (Å²) in [5, 5.41) is 9.39. The van der Waals surface area contributed by atoms with Crippen LogP contribution in [0.1, 0.15) is 62.6 Å². The summed E-state index contributed by atoms with van der Waals surface area (Å²) in [4.78, 5) is 36.7.